The van der Waals surface area contributed by atoms with E-state index in [0.29, 0.717) is 12.4 Å². The second kappa shape index (κ2) is 6.54. The molecular formula is C13H24N4O. The fourth-order valence-corrected chi connectivity index (χ4v) is 1.98. The molecule has 0 saturated carbocycles. The molecule has 0 radical (unpaired) electrons. The van der Waals surface area contributed by atoms with E-state index < -0.39 is 5.60 Å². The predicted octanol–water partition coefficient (Wildman–Crippen LogP) is 1.97. The summed E-state index contributed by atoms with van der Waals surface area (Å²) in [7, 11) is 0. The normalized spacial score (nSPS) is 14.2. The van der Waals surface area contributed by atoms with E-state index in [2.05, 4.69) is 29.1 Å². The van der Waals surface area contributed by atoms with Crippen molar-refractivity contribution in [3.05, 3.63) is 11.9 Å². The van der Waals surface area contributed by atoms with Crippen molar-refractivity contribution >= 4 is 11.6 Å². The monoisotopic (exact) mass is 252 g/mol. The Morgan fingerprint density at radius 2 is 2.06 bits per heavy atom. The highest BCUT2D eigenvalue weighted by atomic mass is 16.3. The number of aliphatic hydroxyl groups is 1. The summed E-state index contributed by atoms with van der Waals surface area (Å²) in [5.74, 6) is 1.25. The minimum Gasteiger partial charge on any atom is -0.388 e. The zero-order valence-electron chi connectivity index (χ0n) is 11.5. The molecule has 1 heterocycles. The van der Waals surface area contributed by atoms with E-state index in [1.54, 1.807) is 0 Å². The van der Waals surface area contributed by atoms with Crippen LogP contribution in [0.15, 0.2) is 6.33 Å². The molecule has 1 atom stereocenters. The van der Waals surface area contributed by atoms with E-state index in [4.69, 9.17) is 5.73 Å². The van der Waals surface area contributed by atoms with Gasteiger partial charge in [-0.2, -0.15) is 0 Å². The highest BCUT2D eigenvalue weighted by Crippen LogP contribution is 2.20. The molecule has 5 nitrogen and oxygen atoms in total. The summed E-state index contributed by atoms with van der Waals surface area (Å²) in [6, 6.07) is 0. The second-order valence-corrected chi connectivity index (χ2v) is 4.94. The van der Waals surface area contributed by atoms with Gasteiger partial charge in [-0.1, -0.05) is 26.7 Å². The molecule has 1 unspecified atom stereocenters. The first-order valence-corrected chi connectivity index (χ1v) is 6.55. The van der Waals surface area contributed by atoms with Crippen LogP contribution in [0.4, 0.5) is 11.6 Å². The zero-order chi connectivity index (χ0) is 13.6. The smallest absolute Gasteiger partial charge is 0.134 e. The first kappa shape index (κ1) is 14.7. The third-order valence-corrected chi connectivity index (χ3v) is 2.90. The van der Waals surface area contributed by atoms with E-state index >= 15 is 0 Å². The predicted molar refractivity (Wildman–Crippen MR) is 74.5 cm³/mol. The number of nitrogens with two attached hydrogens (primary N) is 1. The average Bonchev–Trinajstić information content (AvgIpc) is 2.30. The quantitative estimate of drug-likeness (QED) is 0.691. The number of rotatable bonds is 7. The van der Waals surface area contributed by atoms with Crippen LogP contribution in [0.1, 0.15) is 45.6 Å². The minimum atomic E-state index is -0.724. The van der Waals surface area contributed by atoms with Gasteiger partial charge in [-0.05, 0) is 19.8 Å². The van der Waals surface area contributed by atoms with Gasteiger partial charge in [0.2, 0.25) is 0 Å². The van der Waals surface area contributed by atoms with Crippen LogP contribution < -0.4 is 11.1 Å². The number of nitrogens with zero attached hydrogens (tertiary/aromatic N) is 2. The van der Waals surface area contributed by atoms with Crippen LogP contribution in [0, 0.1) is 0 Å². The van der Waals surface area contributed by atoms with Gasteiger partial charge in [-0.3, -0.25) is 0 Å². The van der Waals surface area contributed by atoms with Crippen molar-refractivity contribution in [3.63, 3.8) is 0 Å². The summed E-state index contributed by atoms with van der Waals surface area (Å²) in [5, 5.41) is 13.3. The maximum absolute atomic E-state index is 10.1. The summed E-state index contributed by atoms with van der Waals surface area (Å²) in [4.78, 5) is 8.21. The van der Waals surface area contributed by atoms with Gasteiger partial charge < -0.3 is 16.2 Å². The van der Waals surface area contributed by atoms with Crippen molar-refractivity contribution < 1.29 is 5.11 Å². The summed E-state index contributed by atoms with van der Waals surface area (Å²) < 4.78 is 0. The molecule has 4 N–H and O–H groups in total. The van der Waals surface area contributed by atoms with Gasteiger partial charge in [-0.15, -0.1) is 0 Å². The molecule has 0 spiro atoms. The van der Waals surface area contributed by atoms with Crippen LogP contribution in [0.5, 0.6) is 0 Å². The molecule has 0 aromatic carbocycles. The maximum Gasteiger partial charge on any atom is 0.134 e. The highest BCUT2D eigenvalue weighted by Gasteiger charge is 2.19. The van der Waals surface area contributed by atoms with Gasteiger partial charge in [0.15, 0.2) is 0 Å². The molecule has 0 fully saturated rings. The largest absolute Gasteiger partial charge is 0.388 e. The van der Waals surface area contributed by atoms with Crippen molar-refractivity contribution in [2.45, 2.75) is 52.1 Å². The lowest BCUT2D eigenvalue weighted by Gasteiger charge is -2.24. The van der Waals surface area contributed by atoms with Crippen LogP contribution in [0.25, 0.3) is 0 Å². The number of anilines is 2. The fourth-order valence-electron chi connectivity index (χ4n) is 1.98. The van der Waals surface area contributed by atoms with Crippen molar-refractivity contribution in [2.75, 3.05) is 17.6 Å². The Labute approximate surface area is 109 Å². The van der Waals surface area contributed by atoms with E-state index in [9.17, 15) is 5.11 Å². The molecular weight excluding hydrogens is 228 g/mol. The van der Waals surface area contributed by atoms with E-state index in [-0.39, 0.29) is 0 Å². The third-order valence-electron chi connectivity index (χ3n) is 2.90. The van der Waals surface area contributed by atoms with Gasteiger partial charge in [0.1, 0.15) is 18.0 Å². The van der Waals surface area contributed by atoms with Gasteiger partial charge in [-0.25, -0.2) is 9.97 Å². The topological polar surface area (TPSA) is 84.1 Å². The summed E-state index contributed by atoms with van der Waals surface area (Å²) in [5.41, 5.74) is 6.06. The lowest BCUT2D eigenvalue weighted by molar-refractivity contribution is 0.0636. The van der Waals surface area contributed by atoms with Gasteiger partial charge >= 0.3 is 0 Å². The van der Waals surface area contributed by atoms with Crippen LogP contribution in [-0.4, -0.2) is 27.2 Å². The molecule has 1 aromatic rings. The minimum absolute atomic E-state index is 0.466. The van der Waals surface area contributed by atoms with Crippen LogP contribution in [0.2, 0.25) is 0 Å². The van der Waals surface area contributed by atoms with Crippen molar-refractivity contribution in [2.24, 2.45) is 0 Å². The molecule has 102 valence electrons. The number of nitrogen functional groups attached to an aromatic ring is 1. The first-order chi connectivity index (χ1) is 8.50. The Kier molecular flexibility index (Phi) is 5.34. The van der Waals surface area contributed by atoms with Gasteiger partial charge in [0.05, 0.1) is 5.60 Å². The van der Waals surface area contributed by atoms with Crippen molar-refractivity contribution in [1.29, 1.82) is 0 Å². The molecule has 0 aliphatic rings. The molecule has 0 aliphatic heterocycles. The third kappa shape index (κ3) is 4.14. The molecule has 1 rings (SSSR count). The number of nitrogens with one attached hydrogen (secondary N) is 1. The van der Waals surface area contributed by atoms with E-state index in [0.717, 1.165) is 37.1 Å². The van der Waals surface area contributed by atoms with E-state index in [1.807, 2.05) is 6.92 Å². The highest BCUT2D eigenvalue weighted by molar-refractivity contribution is 5.55. The van der Waals surface area contributed by atoms with Crippen LogP contribution in [0.3, 0.4) is 0 Å². The number of aromatic nitrogens is 2. The lowest BCUT2D eigenvalue weighted by atomic mass is 10.0. The lowest BCUT2D eigenvalue weighted by Crippen LogP contribution is -2.33. The SMILES string of the molecule is CCCc1c(N)ncnc1NCC(C)(O)CCC. The Morgan fingerprint density at radius 3 is 2.67 bits per heavy atom. The zero-order valence-corrected chi connectivity index (χ0v) is 11.5. The standard InChI is InChI=1S/C13H24N4O/c1-4-6-10-11(14)16-9-17-12(10)15-8-13(3,18)7-5-2/h9,18H,4-8H2,1-3H3,(H3,14,15,16,17). The van der Waals surface area contributed by atoms with Crippen LogP contribution >= 0.6 is 0 Å². The maximum atomic E-state index is 10.1. The second-order valence-electron chi connectivity index (χ2n) is 4.94. The number of hydrogen-bond acceptors (Lipinski definition) is 5. The Bertz CT molecular complexity index is 379. The molecule has 0 aliphatic carbocycles. The summed E-state index contributed by atoms with van der Waals surface area (Å²) in [6.07, 6.45) is 4.97. The Hall–Kier alpha value is -1.36. The Balaban J connectivity index is 2.75. The number of hydrogen-bond donors (Lipinski definition) is 3. The Morgan fingerprint density at radius 1 is 1.33 bits per heavy atom. The average molecular weight is 252 g/mol. The molecule has 0 amide bonds. The van der Waals surface area contributed by atoms with E-state index in [1.165, 1.54) is 6.33 Å². The van der Waals surface area contributed by atoms with Crippen molar-refractivity contribution in [1.82, 2.24) is 9.97 Å². The van der Waals surface area contributed by atoms with Gasteiger partial charge in [0, 0.05) is 12.1 Å². The fraction of sp³-hybridized carbons (Fsp3) is 0.692. The molecule has 1 aromatic heterocycles. The molecule has 18 heavy (non-hydrogen) atoms. The van der Waals surface area contributed by atoms with Crippen molar-refractivity contribution in [3.8, 4) is 0 Å². The molecule has 0 saturated heterocycles. The van der Waals surface area contributed by atoms with Gasteiger partial charge in [0.25, 0.3) is 0 Å². The first-order valence-electron chi connectivity index (χ1n) is 6.55. The summed E-state index contributed by atoms with van der Waals surface area (Å²) in [6.45, 7) is 6.44. The van der Waals surface area contributed by atoms with Crippen LogP contribution in [-0.2, 0) is 6.42 Å². The molecule has 0 bridgehead atoms. The summed E-state index contributed by atoms with van der Waals surface area (Å²) >= 11 is 0. The molecule has 5 heteroatoms.